The lowest BCUT2D eigenvalue weighted by molar-refractivity contribution is -0.139. The van der Waals surface area contributed by atoms with E-state index < -0.39 is 24.6 Å². The monoisotopic (exact) mass is 466 g/mol. The Kier molecular flexibility index (Phi) is 10.5. The Hall–Kier alpha value is -2.10. The fraction of sp³-hybridized carbons (Fsp3) is 0.458. The molecule has 0 fully saturated rings. The van der Waals surface area contributed by atoms with Gasteiger partial charge < -0.3 is 24.8 Å². The van der Waals surface area contributed by atoms with E-state index in [1.807, 2.05) is 0 Å². The standard InChI is InChI=1S/C24H31FO6S/c1-15(2)24-20(9-8-18(26)12-19(27)13-22(28)29)23(16-4-6-17(25)7-5-16)21(32-24)14-31-11-10-30-3/h4-9,15,18-19,26-27H,10-14H2,1-3H3,(H,28,29)/b9-8+/t18-,19-/m1/s1. The molecule has 2 rings (SSSR count). The number of halogens is 1. The zero-order chi connectivity index (χ0) is 23.7. The molecule has 1 aromatic heterocycles. The molecule has 32 heavy (non-hydrogen) atoms. The van der Waals surface area contributed by atoms with Gasteiger partial charge in [-0.15, -0.1) is 11.3 Å². The highest BCUT2D eigenvalue weighted by atomic mass is 32.1. The molecular formula is C24H31FO6S. The minimum Gasteiger partial charge on any atom is -0.481 e. The summed E-state index contributed by atoms with van der Waals surface area (Å²) in [4.78, 5) is 12.8. The third-order valence-corrected chi connectivity index (χ3v) is 6.26. The van der Waals surface area contributed by atoms with E-state index in [0.717, 1.165) is 26.4 Å². The van der Waals surface area contributed by atoms with Gasteiger partial charge in [0, 0.05) is 28.8 Å². The number of methoxy groups -OCH3 is 1. The second-order valence-electron chi connectivity index (χ2n) is 7.80. The van der Waals surface area contributed by atoms with Crippen molar-refractivity contribution < 1.29 is 34.0 Å². The van der Waals surface area contributed by atoms with Gasteiger partial charge in [-0.3, -0.25) is 4.79 Å². The minimum atomic E-state index is -1.14. The molecule has 1 aromatic carbocycles. The van der Waals surface area contributed by atoms with Crippen LogP contribution in [0.15, 0.2) is 30.3 Å². The Bertz CT molecular complexity index is 891. The summed E-state index contributed by atoms with van der Waals surface area (Å²) in [6.07, 6.45) is 0.697. The average molecular weight is 467 g/mol. The lowest BCUT2D eigenvalue weighted by Gasteiger charge is -2.12. The van der Waals surface area contributed by atoms with Crippen molar-refractivity contribution in [1.82, 2.24) is 0 Å². The smallest absolute Gasteiger partial charge is 0.305 e. The van der Waals surface area contributed by atoms with Gasteiger partial charge in [-0.05, 0) is 29.2 Å². The molecule has 0 aliphatic heterocycles. The van der Waals surface area contributed by atoms with Gasteiger partial charge in [0.25, 0.3) is 0 Å². The van der Waals surface area contributed by atoms with Gasteiger partial charge in [0.1, 0.15) is 5.82 Å². The second kappa shape index (κ2) is 12.8. The molecule has 0 saturated heterocycles. The quantitative estimate of drug-likeness (QED) is 0.378. The van der Waals surface area contributed by atoms with Crippen LogP contribution in [0.2, 0.25) is 0 Å². The van der Waals surface area contributed by atoms with Gasteiger partial charge in [-0.25, -0.2) is 4.39 Å². The highest BCUT2D eigenvalue weighted by Crippen LogP contribution is 2.41. The van der Waals surface area contributed by atoms with Crippen LogP contribution in [0.5, 0.6) is 0 Å². The van der Waals surface area contributed by atoms with Crippen molar-refractivity contribution in [2.24, 2.45) is 0 Å². The van der Waals surface area contributed by atoms with Crippen molar-refractivity contribution in [3.63, 3.8) is 0 Å². The zero-order valence-corrected chi connectivity index (χ0v) is 19.4. The fourth-order valence-corrected chi connectivity index (χ4v) is 4.55. The first-order valence-electron chi connectivity index (χ1n) is 10.5. The SMILES string of the molecule is COCCOCc1sc(C(C)C)c(/C=C/[C@@H](O)C[C@@H](O)CC(=O)O)c1-c1ccc(F)cc1. The maximum absolute atomic E-state index is 13.5. The van der Waals surface area contributed by atoms with Crippen molar-refractivity contribution in [2.75, 3.05) is 20.3 Å². The number of aliphatic hydroxyl groups is 2. The molecule has 0 radical (unpaired) electrons. The summed E-state index contributed by atoms with van der Waals surface area (Å²) in [6.45, 7) is 5.43. The third kappa shape index (κ3) is 7.79. The van der Waals surface area contributed by atoms with E-state index in [0.29, 0.717) is 19.8 Å². The van der Waals surface area contributed by atoms with Crippen LogP contribution in [0.3, 0.4) is 0 Å². The summed E-state index contributed by atoms with van der Waals surface area (Å²) < 4.78 is 24.3. The average Bonchev–Trinajstić information content (AvgIpc) is 3.08. The van der Waals surface area contributed by atoms with Gasteiger partial charge in [0.15, 0.2) is 0 Å². The van der Waals surface area contributed by atoms with Crippen LogP contribution in [-0.2, 0) is 20.9 Å². The molecule has 0 aliphatic carbocycles. The van der Waals surface area contributed by atoms with Crippen LogP contribution in [0.25, 0.3) is 17.2 Å². The van der Waals surface area contributed by atoms with Crippen LogP contribution in [0.4, 0.5) is 4.39 Å². The molecule has 0 bridgehead atoms. The molecule has 3 N–H and O–H groups in total. The Morgan fingerprint density at radius 2 is 1.88 bits per heavy atom. The number of aliphatic hydroxyl groups excluding tert-OH is 2. The maximum atomic E-state index is 13.5. The zero-order valence-electron chi connectivity index (χ0n) is 18.6. The molecule has 176 valence electrons. The van der Waals surface area contributed by atoms with Crippen molar-refractivity contribution in [2.45, 2.75) is 51.4 Å². The van der Waals surface area contributed by atoms with Gasteiger partial charge in [0.2, 0.25) is 0 Å². The van der Waals surface area contributed by atoms with E-state index in [2.05, 4.69) is 13.8 Å². The van der Waals surface area contributed by atoms with E-state index in [4.69, 9.17) is 14.6 Å². The first kappa shape index (κ1) is 26.2. The maximum Gasteiger partial charge on any atom is 0.305 e. The summed E-state index contributed by atoms with van der Waals surface area (Å²) in [5.74, 6) is -1.25. The van der Waals surface area contributed by atoms with E-state index in [1.54, 1.807) is 42.7 Å². The largest absolute Gasteiger partial charge is 0.481 e. The number of benzene rings is 1. The molecule has 0 spiro atoms. The van der Waals surface area contributed by atoms with Gasteiger partial charge in [-0.2, -0.15) is 0 Å². The number of carbonyl (C=O) groups is 1. The Morgan fingerprint density at radius 1 is 1.19 bits per heavy atom. The lowest BCUT2D eigenvalue weighted by atomic mass is 9.96. The second-order valence-corrected chi connectivity index (χ2v) is 8.94. The molecule has 1 heterocycles. The predicted molar refractivity (Wildman–Crippen MR) is 123 cm³/mol. The van der Waals surface area contributed by atoms with E-state index >= 15 is 0 Å². The van der Waals surface area contributed by atoms with Crippen molar-refractivity contribution in [1.29, 1.82) is 0 Å². The summed E-state index contributed by atoms with van der Waals surface area (Å²) in [5.41, 5.74) is 2.64. The van der Waals surface area contributed by atoms with Gasteiger partial charge >= 0.3 is 5.97 Å². The third-order valence-electron chi connectivity index (χ3n) is 4.78. The van der Waals surface area contributed by atoms with Crippen LogP contribution < -0.4 is 0 Å². The molecule has 6 nitrogen and oxygen atoms in total. The first-order valence-corrected chi connectivity index (χ1v) is 11.3. The molecule has 0 aliphatic rings. The van der Waals surface area contributed by atoms with Crippen molar-refractivity contribution in [3.8, 4) is 11.1 Å². The van der Waals surface area contributed by atoms with E-state index in [1.165, 1.54) is 12.1 Å². The van der Waals surface area contributed by atoms with Crippen LogP contribution in [0.1, 0.15) is 47.9 Å². The number of ether oxygens (including phenoxy) is 2. The Labute approximate surface area is 191 Å². The fourth-order valence-electron chi connectivity index (χ4n) is 3.30. The number of rotatable bonds is 13. The summed E-state index contributed by atoms with van der Waals surface area (Å²) >= 11 is 1.61. The normalized spacial score (nSPS) is 13.7. The predicted octanol–water partition coefficient (Wildman–Crippen LogP) is 4.44. The molecular weight excluding hydrogens is 435 g/mol. The topological polar surface area (TPSA) is 96.2 Å². The van der Waals surface area contributed by atoms with E-state index in [9.17, 15) is 19.4 Å². The summed E-state index contributed by atoms with van der Waals surface area (Å²) in [5, 5.41) is 28.9. The molecule has 0 saturated carbocycles. The lowest BCUT2D eigenvalue weighted by Crippen LogP contribution is -2.19. The molecule has 0 unspecified atom stereocenters. The van der Waals surface area contributed by atoms with Gasteiger partial charge in [-0.1, -0.05) is 38.1 Å². The minimum absolute atomic E-state index is 0.0805. The Balaban J connectivity index is 2.40. The molecule has 8 heteroatoms. The summed E-state index contributed by atoms with van der Waals surface area (Å²) in [7, 11) is 1.61. The van der Waals surface area contributed by atoms with Crippen LogP contribution in [-0.4, -0.2) is 53.8 Å². The van der Waals surface area contributed by atoms with Crippen LogP contribution in [0, 0.1) is 5.82 Å². The first-order chi connectivity index (χ1) is 15.2. The highest BCUT2D eigenvalue weighted by Gasteiger charge is 2.21. The van der Waals surface area contributed by atoms with Crippen LogP contribution >= 0.6 is 11.3 Å². The van der Waals surface area contributed by atoms with Gasteiger partial charge in [0.05, 0.1) is 38.4 Å². The number of aliphatic carboxylic acids is 1. The Morgan fingerprint density at radius 3 is 2.47 bits per heavy atom. The molecule has 0 amide bonds. The number of hydrogen-bond acceptors (Lipinski definition) is 6. The van der Waals surface area contributed by atoms with Crippen molar-refractivity contribution in [3.05, 3.63) is 51.5 Å². The van der Waals surface area contributed by atoms with E-state index in [-0.39, 0.29) is 18.2 Å². The molecule has 2 aromatic rings. The van der Waals surface area contributed by atoms with Crippen molar-refractivity contribution >= 4 is 23.4 Å². The molecule has 2 atom stereocenters. The number of carboxylic acid groups (broad SMARTS) is 1. The number of carboxylic acids is 1. The number of hydrogen-bond donors (Lipinski definition) is 3. The number of thiophene rings is 1. The summed E-state index contributed by atoms with van der Waals surface area (Å²) in [6, 6.07) is 6.24. The highest BCUT2D eigenvalue weighted by molar-refractivity contribution is 7.12.